The van der Waals surface area contributed by atoms with Gasteiger partial charge in [-0.15, -0.1) is 0 Å². The van der Waals surface area contributed by atoms with Crippen LogP contribution in [0.4, 0.5) is 5.69 Å². The van der Waals surface area contributed by atoms with Crippen LogP contribution < -0.4 is 15.0 Å². The first kappa shape index (κ1) is 21.5. The number of methoxy groups -OCH3 is 1. The van der Waals surface area contributed by atoms with Crippen molar-refractivity contribution in [2.24, 2.45) is 0 Å². The minimum Gasteiger partial charge on any atom is -0.496 e. The molecule has 2 aromatic carbocycles. The summed E-state index contributed by atoms with van der Waals surface area (Å²) in [6.07, 6.45) is 0.237. The van der Waals surface area contributed by atoms with Crippen molar-refractivity contribution < 1.29 is 14.3 Å². The monoisotopic (exact) mass is 382 g/mol. The van der Waals surface area contributed by atoms with Gasteiger partial charge in [0, 0.05) is 37.7 Å². The predicted molar refractivity (Wildman–Crippen MR) is 113 cm³/mol. The fraction of sp³-hybridized carbons (Fsp3) is 0.391. The van der Waals surface area contributed by atoms with Crippen molar-refractivity contribution in [3.05, 3.63) is 59.2 Å². The van der Waals surface area contributed by atoms with Crippen LogP contribution in [0.2, 0.25) is 0 Å². The van der Waals surface area contributed by atoms with Gasteiger partial charge in [-0.3, -0.25) is 9.59 Å². The summed E-state index contributed by atoms with van der Waals surface area (Å²) in [4.78, 5) is 26.4. The first-order chi connectivity index (χ1) is 13.3. The van der Waals surface area contributed by atoms with Gasteiger partial charge in [0.05, 0.1) is 7.11 Å². The Kier molecular flexibility index (Phi) is 7.61. The third-order valence-electron chi connectivity index (χ3n) is 4.77. The van der Waals surface area contributed by atoms with Crippen LogP contribution >= 0.6 is 0 Å². The zero-order valence-corrected chi connectivity index (χ0v) is 17.4. The van der Waals surface area contributed by atoms with Crippen molar-refractivity contribution >= 4 is 17.5 Å². The second kappa shape index (κ2) is 9.93. The van der Waals surface area contributed by atoms with Crippen LogP contribution in [0.1, 0.15) is 49.8 Å². The van der Waals surface area contributed by atoms with Gasteiger partial charge in [-0.2, -0.15) is 0 Å². The van der Waals surface area contributed by atoms with Crippen LogP contribution in [0, 0.1) is 6.92 Å². The van der Waals surface area contributed by atoms with Crippen LogP contribution in [-0.4, -0.2) is 25.5 Å². The van der Waals surface area contributed by atoms with E-state index in [-0.39, 0.29) is 24.2 Å². The molecule has 0 radical (unpaired) electrons. The van der Waals surface area contributed by atoms with Gasteiger partial charge in [-0.25, -0.2) is 0 Å². The number of aryl methyl sites for hydroxylation is 1. The topological polar surface area (TPSA) is 58.6 Å². The van der Waals surface area contributed by atoms with Crippen molar-refractivity contribution in [3.63, 3.8) is 0 Å². The zero-order chi connectivity index (χ0) is 20.7. The van der Waals surface area contributed by atoms with Crippen molar-refractivity contribution in [2.75, 3.05) is 18.6 Å². The van der Waals surface area contributed by atoms with E-state index in [1.54, 1.807) is 18.9 Å². The van der Waals surface area contributed by atoms with Crippen LogP contribution in [0.5, 0.6) is 5.75 Å². The second-order valence-electron chi connectivity index (χ2n) is 7.18. The first-order valence-corrected chi connectivity index (χ1v) is 9.61. The number of ether oxygens (including phenoxy) is 1. The lowest BCUT2D eigenvalue weighted by atomic mass is 9.97. The standard InChI is InChI=1S/C23H30N2O3/c1-16(2)20-11-8-9-17(3)23(20)25(18(4)26)14-13-22(27)24-15-19-10-6-7-12-21(19)28-5/h6-12,16H,13-15H2,1-5H3,(H,24,27). The summed E-state index contributed by atoms with van der Waals surface area (Å²) in [7, 11) is 1.61. The molecule has 1 N–H and O–H groups in total. The minimum absolute atomic E-state index is 0.0614. The van der Waals surface area contributed by atoms with E-state index in [2.05, 4.69) is 19.2 Å². The summed E-state index contributed by atoms with van der Waals surface area (Å²) in [5, 5.41) is 2.91. The fourth-order valence-corrected chi connectivity index (χ4v) is 3.29. The molecule has 5 nitrogen and oxygen atoms in total. The normalized spacial score (nSPS) is 10.6. The maximum absolute atomic E-state index is 12.4. The molecule has 2 rings (SSSR count). The fourth-order valence-electron chi connectivity index (χ4n) is 3.29. The Labute approximate surface area is 167 Å². The number of carbonyl (C=O) groups excluding carboxylic acids is 2. The Balaban J connectivity index is 2.06. The number of nitrogens with one attached hydrogen (secondary N) is 1. The number of hydrogen-bond donors (Lipinski definition) is 1. The van der Waals surface area contributed by atoms with Crippen LogP contribution in [0.3, 0.4) is 0 Å². The summed E-state index contributed by atoms with van der Waals surface area (Å²) in [5.74, 6) is 0.872. The van der Waals surface area contributed by atoms with Gasteiger partial charge in [0.15, 0.2) is 0 Å². The highest BCUT2D eigenvalue weighted by Crippen LogP contribution is 2.31. The molecule has 0 aliphatic rings. The van der Waals surface area contributed by atoms with Gasteiger partial charge in [0.2, 0.25) is 11.8 Å². The van der Waals surface area contributed by atoms with Gasteiger partial charge in [-0.1, -0.05) is 50.2 Å². The van der Waals surface area contributed by atoms with E-state index in [1.807, 2.05) is 49.4 Å². The summed E-state index contributed by atoms with van der Waals surface area (Å²) < 4.78 is 5.31. The molecule has 2 amide bonds. The number of amides is 2. The summed E-state index contributed by atoms with van der Waals surface area (Å²) in [6.45, 7) is 8.50. The van der Waals surface area contributed by atoms with Gasteiger partial charge < -0.3 is 15.0 Å². The lowest BCUT2D eigenvalue weighted by molar-refractivity contribution is -0.121. The Hall–Kier alpha value is -2.82. The Bertz CT molecular complexity index is 830. The SMILES string of the molecule is COc1ccccc1CNC(=O)CCN(C(C)=O)c1c(C)cccc1C(C)C. The molecule has 0 aromatic heterocycles. The summed E-state index contributed by atoms with van der Waals surface area (Å²) in [5.41, 5.74) is 3.99. The van der Waals surface area contributed by atoms with E-state index in [0.717, 1.165) is 28.1 Å². The highest BCUT2D eigenvalue weighted by molar-refractivity contribution is 5.94. The molecule has 0 bridgehead atoms. The molecule has 0 saturated heterocycles. The highest BCUT2D eigenvalue weighted by Gasteiger charge is 2.20. The summed E-state index contributed by atoms with van der Waals surface area (Å²) in [6, 6.07) is 13.6. The average molecular weight is 383 g/mol. The van der Waals surface area contributed by atoms with E-state index >= 15 is 0 Å². The maximum Gasteiger partial charge on any atom is 0.223 e. The minimum atomic E-state index is -0.100. The third-order valence-corrected chi connectivity index (χ3v) is 4.77. The van der Waals surface area contributed by atoms with Gasteiger partial charge in [0.25, 0.3) is 0 Å². The molecule has 2 aromatic rings. The first-order valence-electron chi connectivity index (χ1n) is 9.61. The molecule has 0 saturated carbocycles. The van der Waals surface area contributed by atoms with Crippen molar-refractivity contribution in [2.45, 2.75) is 46.6 Å². The zero-order valence-electron chi connectivity index (χ0n) is 17.4. The maximum atomic E-state index is 12.4. The summed E-state index contributed by atoms with van der Waals surface area (Å²) >= 11 is 0. The molecule has 0 aliphatic carbocycles. The van der Waals surface area contributed by atoms with E-state index < -0.39 is 0 Å². The van der Waals surface area contributed by atoms with Gasteiger partial charge in [-0.05, 0) is 30.0 Å². The number of carbonyl (C=O) groups is 2. The second-order valence-corrected chi connectivity index (χ2v) is 7.18. The molecular weight excluding hydrogens is 352 g/mol. The highest BCUT2D eigenvalue weighted by atomic mass is 16.5. The molecule has 0 atom stereocenters. The number of nitrogens with zero attached hydrogens (tertiary/aromatic N) is 1. The van der Waals surface area contributed by atoms with E-state index in [0.29, 0.717) is 13.1 Å². The molecule has 0 aliphatic heterocycles. The molecule has 150 valence electrons. The van der Waals surface area contributed by atoms with Crippen LogP contribution in [0.25, 0.3) is 0 Å². The number of hydrogen-bond acceptors (Lipinski definition) is 3. The molecule has 0 fully saturated rings. The molecule has 0 heterocycles. The largest absolute Gasteiger partial charge is 0.496 e. The number of anilines is 1. The Morgan fingerprint density at radius 3 is 2.46 bits per heavy atom. The van der Waals surface area contributed by atoms with Crippen LogP contribution in [0.15, 0.2) is 42.5 Å². The Morgan fingerprint density at radius 2 is 1.82 bits per heavy atom. The van der Waals surface area contributed by atoms with Crippen molar-refractivity contribution in [3.8, 4) is 5.75 Å². The third kappa shape index (κ3) is 5.35. The van der Waals surface area contributed by atoms with Gasteiger partial charge in [0.1, 0.15) is 5.75 Å². The molecular formula is C23H30N2O3. The smallest absolute Gasteiger partial charge is 0.223 e. The number of para-hydroxylation sites is 2. The predicted octanol–water partition coefficient (Wildman–Crippen LogP) is 4.19. The van der Waals surface area contributed by atoms with E-state index in [9.17, 15) is 9.59 Å². The van der Waals surface area contributed by atoms with E-state index in [4.69, 9.17) is 4.74 Å². The average Bonchev–Trinajstić information content (AvgIpc) is 2.67. The molecule has 28 heavy (non-hydrogen) atoms. The lowest BCUT2D eigenvalue weighted by Crippen LogP contribution is -2.35. The van der Waals surface area contributed by atoms with Crippen molar-refractivity contribution in [1.29, 1.82) is 0 Å². The van der Waals surface area contributed by atoms with E-state index in [1.165, 1.54) is 0 Å². The number of rotatable bonds is 8. The quantitative estimate of drug-likeness (QED) is 0.745. The molecule has 5 heteroatoms. The van der Waals surface area contributed by atoms with Crippen molar-refractivity contribution in [1.82, 2.24) is 5.32 Å². The Morgan fingerprint density at radius 1 is 1.11 bits per heavy atom. The number of benzene rings is 2. The van der Waals surface area contributed by atoms with Gasteiger partial charge >= 0.3 is 0 Å². The molecule has 0 spiro atoms. The molecule has 0 unspecified atom stereocenters. The lowest BCUT2D eigenvalue weighted by Gasteiger charge is -2.27. The van der Waals surface area contributed by atoms with Crippen LogP contribution in [-0.2, 0) is 16.1 Å².